The molecular weight excluding hydrogens is 574 g/mol. The summed E-state index contributed by atoms with van der Waals surface area (Å²) in [6.07, 6.45) is -2.35. The van der Waals surface area contributed by atoms with Crippen molar-refractivity contribution in [3.05, 3.63) is 131 Å². The summed E-state index contributed by atoms with van der Waals surface area (Å²) in [4.78, 5) is 12.0. The molecule has 4 aromatic rings. The molecule has 1 aliphatic heterocycles. The molecule has 9 nitrogen and oxygen atoms in total. The first-order valence-electron chi connectivity index (χ1n) is 14.9. The van der Waals surface area contributed by atoms with Crippen molar-refractivity contribution in [1.29, 1.82) is 0 Å². The number of nitrogens with one attached hydrogen (secondary N) is 1. The Hall–Kier alpha value is -4.41. The number of carbonyl (C=O) groups excluding carboxylic acids is 1. The van der Waals surface area contributed by atoms with E-state index in [-0.39, 0.29) is 32.8 Å². The zero-order valence-electron chi connectivity index (χ0n) is 25.5. The van der Waals surface area contributed by atoms with Gasteiger partial charge >= 0.3 is 6.09 Å². The van der Waals surface area contributed by atoms with Gasteiger partial charge in [0, 0.05) is 13.0 Å². The molecule has 1 amide bonds. The zero-order valence-corrected chi connectivity index (χ0v) is 25.5. The van der Waals surface area contributed by atoms with Crippen LogP contribution < -0.4 is 14.8 Å². The van der Waals surface area contributed by atoms with Gasteiger partial charge in [0.1, 0.15) is 29.8 Å². The van der Waals surface area contributed by atoms with Crippen LogP contribution >= 0.6 is 0 Å². The van der Waals surface area contributed by atoms with E-state index in [0.29, 0.717) is 0 Å². The fraction of sp³-hybridized carbons (Fsp3) is 0.306. The Bertz CT molecular complexity index is 1420. The van der Waals surface area contributed by atoms with Gasteiger partial charge in [0.05, 0.1) is 33.5 Å². The zero-order chi connectivity index (χ0) is 31.5. The molecule has 236 valence electrons. The molecule has 1 aliphatic rings. The molecule has 0 aliphatic carbocycles. The molecule has 0 aromatic heterocycles. The Morgan fingerprint density at radius 2 is 1.38 bits per heavy atom. The van der Waals surface area contributed by atoms with Gasteiger partial charge in [-0.25, -0.2) is 4.79 Å². The van der Waals surface area contributed by atoms with Crippen LogP contribution in [0.1, 0.15) is 28.7 Å². The van der Waals surface area contributed by atoms with E-state index in [4.69, 9.17) is 28.4 Å². The van der Waals surface area contributed by atoms with E-state index < -0.39 is 30.2 Å². The summed E-state index contributed by atoms with van der Waals surface area (Å²) < 4.78 is 34.8. The van der Waals surface area contributed by atoms with E-state index in [1.54, 1.807) is 14.2 Å². The number of hydrogen-bond acceptors (Lipinski definition) is 8. The van der Waals surface area contributed by atoms with Crippen LogP contribution in [0.3, 0.4) is 0 Å². The SMILES string of the molecule is COc1ccc(C(OC[C@H]2O[C@H](OCCNC(=O)OCc3ccccc3)C[C@@H]2O)(c2ccccc2)c2ccc(OC)cc2)cc1. The number of benzene rings is 4. The normalized spacial score (nSPS) is 17.9. The van der Waals surface area contributed by atoms with Crippen molar-refractivity contribution in [2.24, 2.45) is 0 Å². The standard InChI is InChI=1S/C36H39NO8/c1-40-30-17-13-28(14-18-30)36(27-11-7-4-8-12-27,29-15-19-31(41-2)20-16-29)44-25-33-32(38)23-34(45-33)42-22-21-37-35(39)43-24-26-9-5-3-6-10-26/h3-20,32-34,38H,21-25H2,1-2H3,(H,37,39)/t32-,33+,34-/m0/s1. The number of carbonyl (C=O) groups is 1. The molecular formula is C36H39NO8. The van der Waals surface area contributed by atoms with E-state index in [9.17, 15) is 9.90 Å². The third-order valence-electron chi connectivity index (χ3n) is 7.72. The molecule has 5 rings (SSSR count). The molecule has 0 spiro atoms. The highest BCUT2D eigenvalue weighted by Gasteiger charge is 2.41. The molecule has 0 saturated carbocycles. The lowest BCUT2D eigenvalue weighted by molar-refractivity contribution is -0.156. The Balaban J connectivity index is 1.25. The van der Waals surface area contributed by atoms with Crippen molar-refractivity contribution in [3.63, 3.8) is 0 Å². The van der Waals surface area contributed by atoms with E-state index in [1.807, 2.05) is 109 Å². The van der Waals surface area contributed by atoms with Crippen molar-refractivity contribution in [3.8, 4) is 11.5 Å². The highest BCUT2D eigenvalue weighted by molar-refractivity contribution is 5.67. The number of ether oxygens (including phenoxy) is 6. The summed E-state index contributed by atoms with van der Waals surface area (Å²) in [5.74, 6) is 1.45. The van der Waals surface area contributed by atoms with Crippen LogP contribution in [0.2, 0.25) is 0 Å². The van der Waals surface area contributed by atoms with E-state index in [2.05, 4.69) is 5.32 Å². The maximum atomic E-state index is 12.0. The van der Waals surface area contributed by atoms with Gasteiger partial charge in [-0.15, -0.1) is 0 Å². The number of aliphatic hydroxyl groups excluding tert-OH is 1. The van der Waals surface area contributed by atoms with Crippen LogP contribution in [-0.4, -0.2) is 63.7 Å². The van der Waals surface area contributed by atoms with Gasteiger partial charge < -0.3 is 38.8 Å². The predicted octanol–water partition coefficient (Wildman–Crippen LogP) is 5.43. The summed E-state index contributed by atoms with van der Waals surface area (Å²) in [5.41, 5.74) is 2.54. The van der Waals surface area contributed by atoms with E-state index in [1.165, 1.54) is 0 Å². The Morgan fingerprint density at radius 1 is 0.822 bits per heavy atom. The molecule has 1 saturated heterocycles. The summed E-state index contributed by atoms with van der Waals surface area (Å²) in [6, 6.07) is 34.9. The number of amides is 1. The molecule has 3 atom stereocenters. The Labute approximate surface area is 263 Å². The van der Waals surface area contributed by atoms with Crippen LogP contribution in [0.4, 0.5) is 4.79 Å². The first-order valence-corrected chi connectivity index (χ1v) is 14.9. The number of methoxy groups -OCH3 is 2. The smallest absolute Gasteiger partial charge is 0.407 e. The van der Waals surface area contributed by atoms with Gasteiger partial charge in [0.25, 0.3) is 0 Å². The summed E-state index contributed by atoms with van der Waals surface area (Å²) in [6.45, 7) is 0.691. The van der Waals surface area contributed by atoms with Gasteiger partial charge in [0.2, 0.25) is 0 Å². The number of alkyl carbamates (subject to hydrolysis) is 1. The molecule has 0 bridgehead atoms. The third kappa shape index (κ3) is 8.01. The monoisotopic (exact) mass is 613 g/mol. The van der Waals surface area contributed by atoms with E-state index in [0.717, 1.165) is 33.8 Å². The summed E-state index contributed by atoms with van der Waals surface area (Å²) in [7, 11) is 3.26. The van der Waals surface area contributed by atoms with Crippen LogP contribution in [0.5, 0.6) is 11.5 Å². The van der Waals surface area contributed by atoms with Gasteiger partial charge in [-0.05, 0) is 46.5 Å². The second-order valence-electron chi connectivity index (χ2n) is 10.6. The van der Waals surface area contributed by atoms with Crippen molar-refractivity contribution in [1.82, 2.24) is 5.32 Å². The molecule has 1 fully saturated rings. The highest BCUT2D eigenvalue weighted by Crippen LogP contribution is 2.42. The van der Waals surface area contributed by atoms with Gasteiger partial charge in [-0.3, -0.25) is 0 Å². The average molecular weight is 614 g/mol. The largest absolute Gasteiger partial charge is 0.497 e. The van der Waals surface area contributed by atoms with Crippen molar-refractivity contribution >= 4 is 6.09 Å². The molecule has 1 heterocycles. The summed E-state index contributed by atoms with van der Waals surface area (Å²) >= 11 is 0. The fourth-order valence-electron chi connectivity index (χ4n) is 5.35. The quantitative estimate of drug-likeness (QED) is 0.143. The van der Waals surface area contributed by atoms with Crippen LogP contribution in [0, 0.1) is 0 Å². The summed E-state index contributed by atoms with van der Waals surface area (Å²) in [5, 5.41) is 13.6. The Morgan fingerprint density at radius 3 is 1.96 bits per heavy atom. The predicted molar refractivity (Wildman–Crippen MR) is 168 cm³/mol. The lowest BCUT2D eigenvalue weighted by Crippen LogP contribution is -2.38. The van der Waals surface area contributed by atoms with Gasteiger partial charge in [-0.1, -0.05) is 84.9 Å². The molecule has 2 N–H and O–H groups in total. The third-order valence-corrected chi connectivity index (χ3v) is 7.72. The lowest BCUT2D eigenvalue weighted by atomic mass is 9.80. The lowest BCUT2D eigenvalue weighted by Gasteiger charge is -2.37. The first-order chi connectivity index (χ1) is 22.0. The van der Waals surface area contributed by atoms with E-state index >= 15 is 0 Å². The minimum atomic E-state index is -1.04. The molecule has 0 radical (unpaired) electrons. The minimum Gasteiger partial charge on any atom is -0.497 e. The van der Waals surface area contributed by atoms with Gasteiger partial charge in [0.15, 0.2) is 6.29 Å². The number of rotatable bonds is 14. The minimum absolute atomic E-state index is 0.0814. The fourth-order valence-corrected chi connectivity index (χ4v) is 5.35. The highest BCUT2D eigenvalue weighted by atomic mass is 16.7. The average Bonchev–Trinajstić information content (AvgIpc) is 3.46. The van der Waals surface area contributed by atoms with Crippen molar-refractivity contribution in [2.75, 3.05) is 34.0 Å². The molecule has 0 unspecified atom stereocenters. The van der Waals surface area contributed by atoms with Crippen LogP contribution in [0.15, 0.2) is 109 Å². The molecule has 45 heavy (non-hydrogen) atoms. The molecule has 9 heteroatoms. The number of hydrogen-bond donors (Lipinski definition) is 2. The van der Waals surface area contributed by atoms with Crippen LogP contribution in [-0.2, 0) is 31.2 Å². The second kappa shape index (κ2) is 15.5. The van der Waals surface area contributed by atoms with Gasteiger partial charge in [-0.2, -0.15) is 0 Å². The topological polar surface area (TPSA) is 105 Å². The molecule has 4 aromatic carbocycles. The first kappa shape index (κ1) is 32.0. The number of aliphatic hydroxyl groups is 1. The maximum Gasteiger partial charge on any atom is 0.407 e. The van der Waals surface area contributed by atoms with Crippen LogP contribution in [0.25, 0.3) is 0 Å². The van der Waals surface area contributed by atoms with Crippen molar-refractivity contribution in [2.45, 2.75) is 37.1 Å². The maximum absolute atomic E-state index is 12.0. The Kier molecular flexibility index (Phi) is 11.1. The van der Waals surface area contributed by atoms with Crippen molar-refractivity contribution < 1.29 is 38.3 Å². The second-order valence-corrected chi connectivity index (χ2v) is 10.6.